The summed E-state index contributed by atoms with van der Waals surface area (Å²) in [6.07, 6.45) is -3.56. The van der Waals surface area contributed by atoms with Crippen molar-refractivity contribution in [3.8, 4) is 0 Å². The Morgan fingerprint density at radius 3 is 2.47 bits per heavy atom. The van der Waals surface area contributed by atoms with Gasteiger partial charge in [0, 0.05) is 17.8 Å². The Kier molecular flexibility index (Phi) is 3.13. The third-order valence-corrected chi connectivity index (χ3v) is 3.08. The first-order chi connectivity index (χ1) is 8.77. The topological polar surface area (TPSA) is 75.4 Å². The summed E-state index contributed by atoms with van der Waals surface area (Å²) in [7, 11) is 0. The quantitative estimate of drug-likeness (QED) is 0.654. The number of aliphatic hydroxyl groups excluding tert-OH is 1. The van der Waals surface area contributed by atoms with Crippen molar-refractivity contribution >= 4 is 11.4 Å². The van der Waals surface area contributed by atoms with Crippen LogP contribution in [0.5, 0.6) is 0 Å². The molecule has 104 valence electrons. The number of alkyl halides is 3. The number of nitrogens with one attached hydrogen (secondary N) is 1. The lowest BCUT2D eigenvalue weighted by Crippen LogP contribution is -2.27. The van der Waals surface area contributed by atoms with Crippen LogP contribution >= 0.6 is 0 Å². The molecule has 1 saturated carbocycles. The Bertz CT molecular complexity index is 512. The van der Waals surface area contributed by atoms with Crippen LogP contribution < -0.4 is 5.32 Å². The monoisotopic (exact) mass is 276 g/mol. The van der Waals surface area contributed by atoms with Gasteiger partial charge in [0.25, 0.3) is 5.69 Å². The molecule has 0 atom stereocenters. The minimum Gasteiger partial charge on any atom is -0.394 e. The molecule has 0 saturated heterocycles. The predicted octanol–water partition coefficient (Wildman–Crippen LogP) is 2.55. The molecule has 1 fully saturated rings. The van der Waals surface area contributed by atoms with Gasteiger partial charge in [0.2, 0.25) is 0 Å². The molecule has 5 nitrogen and oxygen atoms in total. The third-order valence-electron chi connectivity index (χ3n) is 3.08. The van der Waals surface area contributed by atoms with Crippen LogP contribution in [0.1, 0.15) is 18.4 Å². The molecular formula is C11H11F3N2O3. The van der Waals surface area contributed by atoms with E-state index in [1.165, 1.54) is 0 Å². The van der Waals surface area contributed by atoms with Crippen LogP contribution in [0.3, 0.4) is 0 Å². The molecule has 2 N–H and O–H groups in total. The Labute approximate surface area is 106 Å². The molecule has 0 amide bonds. The summed E-state index contributed by atoms with van der Waals surface area (Å²) in [4.78, 5) is 9.65. The average molecular weight is 276 g/mol. The highest BCUT2D eigenvalue weighted by Crippen LogP contribution is 2.43. The van der Waals surface area contributed by atoms with E-state index in [-0.39, 0.29) is 12.3 Å². The number of halogens is 3. The predicted molar refractivity (Wildman–Crippen MR) is 60.8 cm³/mol. The summed E-state index contributed by atoms with van der Waals surface area (Å²) in [5, 5.41) is 22.3. The number of hydrogen-bond donors (Lipinski definition) is 2. The lowest BCUT2D eigenvalue weighted by molar-refractivity contribution is -0.385. The molecule has 1 aromatic carbocycles. The molecule has 1 aromatic rings. The van der Waals surface area contributed by atoms with E-state index in [2.05, 4.69) is 5.32 Å². The van der Waals surface area contributed by atoms with Crippen molar-refractivity contribution in [2.24, 2.45) is 0 Å². The summed E-state index contributed by atoms with van der Waals surface area (Å²) in [6, 6.07) is 2.53. The Morgan fingerprint density at radius 2 is 2.05 bits per heavy atom. The molecule has 0 radical (unpaired) electrons. The normalized spacial score (nSPS) is 17.1. The molecule has 0 bridgehead atoms. The highest BCUT2D eigenvalue weighted by Gasteiger charge is 2.44. The molecule has 1 aliphatic rings. The zero-order chi connectivity index (χ0) is 14.3. The highest BCUT2D eigenvalue weighted by atomic mass is 19.4. The molecule has 8 heteroatoms. The van der Waals surface area contributed by atoms with E-state index in [1.54, 1.807) is 0 Å². The summed E-state index contributed by atoms with van der Waals surface area (Å²) in [5.74, 6) is 0. The lowest BCUT2D eigenvalue weighted by Gasteiger charge is -2.19. The van der Waals surface area contributed by atoms with E-state index in [4.69, 9.17) is 5.11 Å². The average Bonchev–Trinajstić information content (AvgIpc) is 3.08. The van der Waals surface area contributed by atoms with Gasteiger partial charge < -0.3 is 10.4 Å². The van der Waals surface area contributed by atoms with Crippen LogP contribution in [-0.4, -0.2) is 22.2 Å². The largest absolute Gasteiger partial charge is 0.418 e. The third kappa shape index (κ3) is 2.78. The maximum absolute atomic E-state index is 12.9. The zero-order valence-corrected chi connectivity index (χ0v) is 9.70. The molecule has 0 heterocycles. The minimum absolute atomic E-state index is 0.246. The molecule has 0 unspecified atom stereocenters. The van der Waals surface area contributed by atoms with Crippen LogP contribution in [0.25, 0.3) is 0 Å². The second-order valence-electron chi connectivity index (χ2n) is 4.55. The van der Waals surface area contributed by atoms with E-state index in [9.17, 15) is 23.3 Å². The number of benzene rings is 1. The van der Waals surface area contributed by atoms with Crippen molar-refractivity contribution in [1.82, 2.24) is 0 Å². The molecular weight excluding hydrogens is 265 g/mol. The van der Waals surface area contributed by atoms with Crippen LogP contribution in [0, 0.1) is 10.1 Å². The van der Waals surface area contributed by atoms with Crippen LogP contribution in [-0.2, 0) is 6.18 Å². The second kappa shape index (κ2) is 4.37. The lowest BCUT2D eigenvalue weighted by atomic mass is 10.1. The standard InChI is InChI=1S/C11H11F3N2O3/c12-11(13,14)8-5-7(16(18)19)1-2-9(8)15-10(6-17)3-4-10/h1-2,5,15,17H,3-4,6H2. The Morgan fingerprint density at radius 1 is 1.42 bits per heavy atom. The van der Waals surface area contributed by atoms with E-state index >= 15 is 0 Å². The van der Waals surface area contributed by atoms with Crippen molar-refractivity contribution in [2.45, 2.75) is 24.6 Å². The molecule has 0 spiro atoms. The van der Waals surface area contributed by atoms with E-state index in [1.807, 2.05) is 0 Å². The van der Waals surface area contributed by atoms with Gasteiger partial charge in [-0.3, -0.25) is 10.1 Å². The summed E-state index contributed by atoms with van der Waals surface area (Å²) >= 11 is 0. The van der Waals surface area contributed by atoms with Gasteiger partial charge in [-0.2, -0.15) is 13.2 Å². The SMILES string of the molecule is O=[N+]([O-])c1ccc(NC2(CO)CC2)c(C(F)(F)F)c1. The fraction of sp³-hybridized carbons (Fsp3) is 0.455. The number of non-ortho nitro benzene ring substituents is 1. The van der Waals surface area contributed by atoms with Gasteiger partial charge >= 0.3 is 6.18 Å². The smallest absolute Gasteiger partial charge is 0.394 e. The zero-order valence-electron chi connectivity index (χ0n) is 9.70. The van der Waals surface area contributed by atoms with Crippen molar-refractivity contribution < 1.29 is 23.2 Å². The Hall–Kier alpha value is -1.83. The van der Waals surface area contributed by atoms with Gasteiger partial charge in [0.15, 0.2) is 0 Å². The molecule has 0 aliphatic heterocycles. The maximum atomic E-state index is 12.9. The molecule has 0 aromatic heterocycles. The number of anilines is 1. The molecule has 2 rings (SSSR count). The fourth-order valence-corrected chi connectivity index (χ4v) is 1.75. The number of nitro benzene ring substituents is 1. The van der Waals surface area contributed by atoms with Crippen LogP contribution in [0.4, 0.5) is 24.5 Å². The van der Waals surface area contributed by atoms with Crippen molar-refractivity contribution in [2.75, 3.05) is 11.9 Å². The van der Waals surface area contributed by atoms with Gasteiger partial charge in [-0.15, -0.1) is 0 Å². The van der Waals surface area contributed by atoms with Gasteiger partial charge in [-0.25, -0.2) is 0 Å². The number of aliphatic hydroxyl groups is 1. The first kappa shape index (κ1) is 13.6. The van der Waals surface area contributed by atoms with E-state index in [0.717, 1.165) is 12.1 Å². The summed E-state index contributed by atoms with van der Waals surface area (Å²) < 4.78 is 38.6. The number of nitro groups is 1. The van der Waals surface area contributed by atoms with Gasteiger partial charge in [0.05, 0.1) is 22.6 Å². The number of nitrogens with zero attached hydrogens (tertiary/aromatic N) is 1. The number of rotatable bonds is 4. The summed E-state index contributed by atoms with van der Waals surface area (Å²) in [6.45, 7) is -0.277. The van der Waals surface area contributed by atoms with E-state index in [0.29, 0.717) is 18.9 Å². The summed E-state index contributed by atoms with van der Waals surface area (Å²) in [5.41, 5.74) is -2.69. The first-order valence-corrected chi connectivity index (χ1v) is 5.52. The van der Waals surface area contributed by atoms with Crippen LogP contribution in [0.2, 0.25) is 0 Å². The van der Waals surface area contributed by atoms with Crippen molar-refractivity contribution in [3.05, 3.63) is 33.9 Å². The van der Waals surface area contributed by atoms with E-state index < -0.39 is 27.9 Å². The Balaban J connectivity index is 2.40. The van der Waals surface area contributed by atoms with Crippen molar-refractivity contribution in [1.29, 1.82) is 0 Å². The fourth-order valence-electron chi connectivity index (χ4n) is 1.75. The second-order valence-corrected chi connectivity index (χ2v) is 4.55. The van der Waals surface area contributed by atoms with Gasteiger partial charge in [-0.1, -0.05) is 0 Å². The first-order valence-electron chi connectivity index (χ1n) is 5.52. The molecule has 19 heavy (non-hydrogen) atoms. The highest BCUT2D eigenvalue weighted by molar-refractivity contribution is 5.59. The van der Waals surface area contributed by atoms with Crippen LogP contribution in [0.15, 0.2) is 18.2 Å². The van der Waals surface area contributed by atoms with Gasteiger partial charge in [0.1, 0.15) is 0 Å². The minimum atomic E-state index is -4.69. The maximum Gasteiger partial charge on any atom is 0.418 e. The number of hydrogen-bond acceptors (Lipinski definition) is 4. The van der Waals surface area contributed by atoms with Gasteiger partial charge in [-0.05, 0) is 18.9 Å². The van der Waals surface area contributed by atoms with Crippen molar-refractivity contribution in [3.63, 3.8) is 0 Å². The molecule has 1 aliphatic carbocycles.